The zero-order chi connectivity index (χ0) is 25.5. The van der Waals surface area contributed by atoms with Crippen molar-refractivity contribution < 1.29 is 23.8 Å². The van der Waals surface area contributed by atoms with E-state index in [0.29, 0.717) is 22.1 Å². The van der Waals surface area contributed by atoms with E-state index in [9.17, 15) is 9.59 Å². The molecule has 4 rings (SSSR count). The molecule has 0 aromatic heterocycles. The Labute approximate surface area is 217 Å². The Bertz CT molecular complexity index is 1450. The van der Waals surface area contributed by atoms with Crippen molar-refractivity contribution >= 4 is 52.1 Å². The van der Waals surface area contributed by atoms with E-state index in [1.54, 1.807) is 24.3 Å². The zero-order valence-corrected chi connectivity index (χ0v) is 20.5. The lowest BCUT2D eigenvalue weighted by Gasteiger charge is -2.10. The molecule has 4 aromatic rings. The van der Waals surface area contributed by atoms with Crippen molar-refractivity contribution in [3.63, 3.8) is 0 Å². The molecule has 0 aliphatic heterocycles. The Morgan fingerprint density at radius 3 is 2.50 bits per heavy atom. The summed E-state index contributed by atoms with van der Waals surface area (Å²) in [5.74, 6) is 0.0873. The van der Waals surface area contributed by atoms with Crippen LogP contribution in [0.1, 0.15) is 15.9 Å². The molecule has 0 saturated carbocycles. The average molecular weight is 523 g/mol. The number of nitrogens with one attached hydrogen (secondary N) is 1. The van der Waals surface area contributed by atoms with Gasteiger partial charge in [-0.3, -0.25) is 4.79 Å². The van der Waals surface area contributed by atoms with E-state index < -0.39 is 11.9 Å². The Morgan fingerprint density at radius 1 is 0.889 bits per heavy atom. The summed E-state index contributed by atoms with van der Waals surface area (Å²) < 4.78 is 16.4. The maximum Gasteiger partial charge on any atom is 0.343 e. The Morgan fingerprint density at radius 2 is 1.69 bits per heavy atom. The van der Waals surface area contributed by atoms with Crippen LogP contribution >= 0.6 is 23.2 Å². The van der Waals surface area contributed by atoms with Gasteiger partial charge in [0.25, 0.3) is 5.91 Å². The zero-order valence-electron chi connectivity index (χ0n) is 19.0. The van der Waals surface area contributed by atoms with Gasteiger partial charge in [0.1, 0.15) is 5.75 Å². The molecule has 0 aliphatic carbocycles. The van der Waals surface area contributed by atoms with E-state index in [1.807, 2.05) is 36.4 Å². The molecular formula is C27H20Cl2N2O5. The molecule has 7 nitrogen and oxygen atoms in total. The lowest BCUT2D eigenvalue weighted by molar-refractivity contribution is -0.123. The summed E-state index contributed by atoms with van der Waals surface area (Å²) in [6.07, 6.45) is 1.43. The minimum Gasteiger partial charge on any atom is -0.493 e. The number of ether oxygens (including phenoxy) is 3. The molecule has 36 heavy (non-hydrogen) atoms. The summed E-state index contributed by atoms with van der Waals surface area (Å²) in [5, 5.41) is 6.47. The second-order valence-corrected chi connectivity index (χ2v) is 8.30. The number of amides is 1. The van der Waals surface area contributed by atoms with Gasteiger partial charge < -0.3 is 14.2 Å². The van der Waals surface area contributed by atoms with Crippen LogP contribution in [-0.2, 0) is 4.79 Å². The van der Waals surface area contributed by atoms with Crippen LogP contribution in [0.4, 0.5) is 0 Å². The first kappa shape index (κ1) is 25.0. The first-order valence-electron chi connectivity index (χ1n) is 10.7. The molecular weight excluding hydrogens is 503 g/mol. The van der Waals surface area contributed by atoms with Gasteiger partial charge in [-0.1, -0.05) is 59.6 Å². The number of halogens is 2. The molecule has 0 unspecified atom stereocenters. The summed E-state index contributed by atoms with van der Waals surface area (Å²) in [6.45, 7) is -0.196. The number of carbonyl (C=O) groups is 2. The highest BCUT2D eigenvalue weighted by molar-refractivity contribution is 6.42. The van der Waals surface area contributed by atoms with Crippen molar-refractivity contribution in [3.05, 3.63) is 100 Å². The highest BCUT2D eigenvalue weighted by Crippen LogP contribution is 2.29. The molecule has 0 heterocycles. The number of hydrogen-bond acceptors (Lipinski definition) is 6. The number of nitrogens with zero attached hydrogens (tertiary/aromatic N) is 1. The normalized spacial score (nSPS) is 10.9. The molecule has 0 saturated heterocycles. The average Bonchev–Trinajstić information content (AvgIpc) is 2.89. The van der Waals surface area contributed by atoms with Crippen LogP contribution in [0.25, 0.3) is 10.8 Å². The molecule has 4 aromatic carbocycles. The Hall–Kier alpha value is -4.07. The summed E-state index contributed by atoms with van der Waals surface area (Å²) in [4.78, 5) is 24.6. The Balaban J connectivity index is 1.35. The lowest BCUT2D eigenvalue weighted by atomic mass is 10.1. The van der Waals surface area contributed by atoms with E-state index in [2.05, 4.69) is 10.5 Å². The third kappa shape index (κ3) is 6.13. The smallest absolute Gasteiger partial charge is 0.343 e. The van der Waals surface area contributed by atoms with Gasteiger partial charge in [0.15, 0.2) is 18.1 Å². The lowest BCUT2D eigenvalue weighted by Crippen LogP contribution is -2.24. The van der Waals surface area contributed by atoms with Crippen LogP contribution in [-0.4, -0.2) is 31.8 Å². The summed E-state index contributed by atoms with van der Waals surface area (Å²) >= 11 is 11.9. The second kappa shape index (κ2) is 11.6. The van der Waals surface area contributed by atoms with E-state index in [4.69, 9.17) is 37.4 Å². The van der Waals surface area contributed by atoms with Crippen molar-refractivity contribution in [2.75, 3.05) is 13.7 Å². The number of esters is 1. The van der Waals surface area contributed by atoms with Gasteiger partial charge in [-0.25, -0.2) is 10.2 Å². The Kier molecular flexibility index (Phi) is 8.05. The standard InChI is InChI=1S/C27H20Cl2N2O5/c1-34-25-13-17(9-12-24(25)36-27(33)19-10-11-21(28)22(29)14-19)15-30-31-26(32)16-35-23-8-4-6-18-5-2-3-7-20(18)23/h2-15H,16H2,1H3,(H,31,32). The third-order valence-electron chi connectivity index (χ3n) is 5.06. The van der Waals surface area contributed by atoms with Gasteiger partial charge in [0.05, 0.1) is 28.9 Å². The van der Waals surface area contributed by atoms with E-state index >= 15 is 0 Å². The number of rotatable bonds is 8. The quantitative estimate of drug-likeness (QED) is 0.135. The van der Waals surface area contributed by atoms with Crippen LogP contribution in [0.15, 0.2) is 84.0 Å². The van der Waals surface area contributed by atoms with Gasteiger partial charge in [-0.15, -0.1) is 0 Å². The van der Waals surface area contributed by atoms with Crippen LogP contribution in [0.2, 0.25) is 10.0 Å². The van der Waals surface area contributed by atoms with Crippen molar-refractivity contribution in [3.8, 4) is 17.2 Å². The van der Waals surface area contributed by atoms with Gasteiger partial charge in [-0.2, -0.15) is 5.10 Å². The molecule has 1 amide bonds. The van der Waals surface area contributed by atoms with E-state index in [-0.39, 0.29) is 22.9 Å². The monoisotopic (exact) mass is 522 g/mol. The highest BCUT2D eigenvalue weighted by Gasteiger charge is 2.14. The van der Waals surface area contributed by atoms with Gasteiger partial charge in [0.2, 0.25) is 0 Å². The summed E-state index contributed by atoms with van der Waals surface area (Å²) in [5.41, 5.74) is 3.27. The van der Waals surface area contributed by atoms with Crippen LogP contribution in [0.3, 0.4) is 0 Å². The highest BCUT2D eigenvalue weighted by atomic mass is 35.5. The first-order chi connectivity index (χ1) is 17.4. The fourth-order valence-electron chi connectivity index (χ4n) is 3.31. The molecule has 0 fully saturated rings. The largest absolute Gasteiger partial charge is 0.493 e. The van der Waals surface area contributed by atoms with E-state index in [1.165, 1.54) is 31.5 Å². The molecule has 0 radical (unpaired) electrons. The second-order valence-electron chi connectivity index (χ2n) is 7.49. The molecule has 9 heteroatoms. The number of fused-ring (bicyclic) bond motifs is 1. The topological polar surface area (TPSA) is 86.2 Å². The van der Waals surface area contributed by atoms with Crippen molar-refractivity contribution in [1.82, 2.24) is 5.43 Å². The maximum atomic E-state index is 12.4. The van der Waals surface area contributed by atoms with Crippen LogP contribution in [0, 0.1) is 0 Å². The molecule has 1 N–H and O–H groups in total. The van der Waals surface area contributed by atoms with Crippen LogP contribution < -0.4 is 19.6 Å². The predicted molar refractivity (Wildman–Crippen MR) is 140 cm³/mol. The van der Waals surface area contributed by atoms with Gasteiger partial charge in [-0.05, 0) is 53.4 Å². The number of benzene rings is 4. The fraction of sp³-hybridized carbons (Fsp3) is 0.0741. The summed E-state index contributed by atoms with van der Waals surface area (Å²) in [7, 11) is 1.44. The van der Waals surface area contributed by atoms with Crippen LogP contribution in [0.5, 0.6) is 17.2 Å². The first-order valence-corrected chi connectivity index (χ1v) is 11.5. The number of carbonyl (C=O) groups excluding carboxylic acids is 2. The molecule has 0 atom stereocenters. The van der Waals surface area contributed by atoms with Crippen molar-refractivity contribution in [2.24, 2.45) is 5.10 Å². The molecule has 182 valence electrons. The van der Waals surface area contributed by atoms with Gasteiger partial charge >= 0.3 is 5.97 Å². The SMILES string of the molecule is COc1cc(C=NNC(=O)COc2cccc3ccccc23)ccc1OC(=O)c1ccc(Cl)c(Cl)c1. The molecule has 0 bridgehead atoms. The van der Waals surface area contributed by atoms with E-state index in [0.717, 1.165) is 10.8 Å². The molecule has 0 aliphatic rings. The number of hydrogen-bond donors (Lipinski definition) is 1. The minimum atomic E-state index is -0.619. The third-order valence-corrected chi connectivity index (χ3v) is 5.80. The number of hydrazone groups is 1. The maximum absolute atomic E-state index is 12.4. The minimum absolute atomic E-state index is 0.196. The fourth-order valence-corrected chi connectivity index (χ4v) is 3.60. The predicted octanol–water partition coefficient (Wildman–Crippen LogP) is 5.90. The molecule has 0 spiro atoms. The number of methoxy groups -OCH3 is 1. The van der Waals surface area contributed by atoms with Gasteiger partial charge in [0, 0.05) is 5.39 Å². The van der Waals surface area contributed by atoms with Crippen molar-refractivity contribution in [1.29, 1.82) is 0 Å². The summed E-state index contributed by atoms with van der Waals surface area (Å²) in [6, 6.07) is 22.7. The van der Waals surface area contributed by atoms with Crippen molar-refractivity contribution in [2.45, 2.75) is 0 Å².